The fourth-order valence-corrected chi connectivity index (χ4v) is 1.77. The Morgan fingerprint density at radius 3 is 2.88 bits per heavy atom. The number of nitrogens with zero attached hydrogens (tertiary/aromatic N) is 2. The van der Waals surface area contributed by atoms with Gasteiger partial charge in [0.1, 0.15) is 5.75 Å². The van der Waals surface area contributed by atoms with Crippen molar-refractivity contribution >= 4 is 21.6 Å². The summed E-state index contributed by atoms with van der Waals surface area (Å²) in [6.07, 6.45) is 4.57. The van der Waals surface area contributed by atoms with E-state index >= 15 is 0 Å². The lowest BCUT2D eigenvalue weighted by Crippen LogP contribution is -2.00. The molecule has 0 aliphatic heterocycles. The molecule has 0 bridgehead atoms. The number of hydrogen-bond donors (Lipinski definition) is 1. The van der Waals surface area contributed by atoms with Crippen LogP contribution in [-0.2, 0) is 0 Å². The van der Waals surface area contributed by atoms with Gasteiger partial charge >= 0.3 is 0 Å². The summed E-state index contributed by atoms with van der Waals surface area (Å²) >= 11 is 3.36. The van der Waals surface area contributed by atoms with E-state index in [0.29, 0.717) is 12.3 Å². The highest BCUT2D eigenvalue weighted by atomic mass is 79.9. The molecule has 5 heteroatoms. The summed E-state index contributed by atoms with van der Waals surface area (Å²) in [5, 5.41) is 4.21. The number of anilines is 1. The highest BCUT2D eigenvalue weighted by molar-refractivity contribution is 9.10. The lowest BCUT2D eigenvalue weighted by atomic mass is 10.2. The normalized spacial score (nSPS) is 10.5. The molecule has 17 heavy (non-hydrogen) atoms. The van der Waals surface area contributed by atoms with Gasteiger partial charge in [0.05, 0.1) is 23.0 Å². The first-order chi connectivity index (χ1) is 8.19. The van der Waals surface area contributed by atoms with Crippen LogP contribution >= 0.6 is 15.9 Å². The van der Waals surface area contributed by atoms with Crippen LogP contribution in [0.1, 0.15) is 13.3 Å². The van der Waals surface area contributed by atoms with Crippen LogP contribution in [-0.4, -0.2) is 16.4 Å². The van der Waals surface area contributed by atoms with Gasteiger partial charge in [0.2, 0.25) is 0 Å². The number of rotatable bonds is 4. The second-order valence-electron chi connectivity index (χ2n) is 3.71. The Morgan fingerprint density at radius 1 is 1.41 bits per heavy atom. The maximum absolute atomic E-state index is 5.84. The molecule has 2 rings (SSSR count). The van der Waals surface area contributed by atoms with Crippen molar-refractivity contribution in [2.24, 2.45) is 0 Å². The molecule has 4 nitrogen and oxygen atoms in total. The molecular weight excluding hydrogens is 282 g/mol. The van der Waals surface area contributed by atoms with Crippen molar-refractivity contribution in [3.05, 3.63) is 35.1 Å². The highest BCUT2D eigenvalue weighted by Crippen LogP contribution is 2.22. The predicted molar refractivity (Wildman–Crippen MR) is 71.5 cm³/mol. The van der Waals surface area contributed by atoms with Crippen LogP contribution in [0.4, 0.5) is 5.69 Å². The third kappa shape index (κ3) is 3.00. The summed E-state index contributed by atoms with van der Waals surface area (Å²) in [7, 11) is 0. The lowest BCUT2D eigenvalue weighted by molar-refractivity contribution is 0.317. The molecule has 0 radical (unpaired) electrons. The predicted octanol–water partition coefficient (Wildman–Crippen LogP) is 3.01. The topological polar surface area (TPSA) is 53.1 Å². The second-order valence-corrected chi connectivity index (χ2v) is 4.63. The first kappa shape index (κ1) is 12.0. The fraction of sp³-hybridized carbons (Fsp3) is 0.250. The van der Waals surface area contributed by atoms with E-state index < -0.39 is 0 Å². The average Bonchev–Trinajstić information content (AvgIpc) is 2.72. The Bertz CT molecular complexity index is 510. The monoisotopic (exact) mass is 295 g/mol. The fourth-order valence-electron chi connectivity index (χ4n) is 1.48. The Kier molecular flexibility index (Phi) is 3.68. The summed E-state index contributed by atoms with van der Waals surface area (Å²) in [4.78, 5) is 0. The van der Waals surface area contributed by atoms with Gasteiger partial charge in [0.15, 0.2) is 0 Å². The van der Waals surface area contributed by atoms with Crippen LogP contribution in [0.15, 0.2) is 35.1 Å². The van der Waals surface area contributed by atoms with E-state index in [1.54, 1.807) is 10.9 Å². The van der Waals surface area contributed by atoms with Crippen molar-refractivity contribution in [2.45, 2.75) is 13.3 Å². The Balaban J connectivity index is 2.31. The van der Waals surface area contributed by atoms with E-state index in [4.69, 9.17) is 10.5 Å². The molecule has 2 N–H and O–H groups in total. The van der Waals surface area contributed by atoms with E-state index in [2.05, 4.69) is 28.0 Å². The minimum atomic E-state index is 0.667. The maximum atomic E-state index is 5.84. The van der Waals surface area contributed by atoms with Gasteiger partial charge in [-0.15, -0.1) is 0 Å². The molecule has 0 fully saturated rings. The molecule has 0 amide bonds. The molecule has 0 aliphatic carbocycles. The average molecular weight is 296 g/mol. The highest BCUT2D eigenvalue weighted by Gasteiger charge is 2.03. The SMILES string of the molecule is CCCOc1cc(N)cc(-n2cc(Br)cn2)c1. The Hall–Kier alpha value is -1.49. The number of nitrogen functional groups attached to an aromatic ring is 1. The zero-order valence-electron chi connectivity index (χ0n) is 9.56. The Morgan fingerprint density at radius 2 is 2.24 bits per heavy atom. The molecule has 0 unspecified atom stereocenters. The molecule has 2 aromatic rings. The van der Waals surface area contributed by atoms with Crippen LogP contribution < -0.4 is 10.5 Å². The summed E-state index contributed by atoms with van der Waals surface area (Å²) in [6.45, 7) is 2.75. The van der Waals surface area contributed by atoms with E-state index in [9.17, 15) is 0 Å². The number of aromatic nitrogens is 2. The summed E-state index contributed by atoms with van der Waals surface area (Å²) in [6, 6.07) is 5.60. The summed E-state index contributed by atoms with van der Waals surface area (Å²) in [5.41, 5.74) is 7.40. The van der Waals surface area contributed by atoms with Gasteiger partial charge in [-0.05, 0) is 28.4 Å². The number of halogens is 1. The van der Waals surface area contributed by atoms with Crippen molar-refractivity contribution in [1.82, 2.24) is 9.78 Å². The Labute approximate surface area is 109 Å². The largest absolute Gasteiger partial charge is 0.493 e. The van der Waals surface area contributed by atoms with Crippen LogP contribution in [0.2, 0.25) is 0 Å². The zero-order valence-corrected chi connectivity index (χ0v) is 11.1. The standard InChI is InChI=1S/C12H14BrN3O/c1-2-3-17-12-5-10(14)4-11(6-12)16-8-9(13)7-15-16/h4-8H,2-3,14H2,1H3. The van der Waals surface area contributed by atoms with Crippen molar-refractivity contribution < 1.29 is 4.74 Å². The summed E-state index contributed by atoms with van der Waals surface area (Å²) < 4.78 is 8.25. The van der Waals surface area contributed by atoms with Gasteiger partial charge in [0.25, 0.3) is 0 Å². The zero-order chi connectivity index (χ0) is 12.3. The van der Waals surface area contributed by atoms with Gasteiger partial charge in [-0.25, -0.2) is 4.68 Å². The maximum Gasteiger partial charge on any atom is 0.123 e. The van der Waals surface area contributed by atoms with E-state index in [1.165, 1.54) is 0 Å². The number of hydrogen-bond acceptors (Lipinski definition) is 3. The van der Waals surface area contributed by atoms with E-state index in [1.807, 2.05) is 24.4 Å². The minimum absolute atomic E-state index is 0.667. The van der Waals surface area contributed by atoms with E-state index in [-0.39, 0.29) is 0 Å². The number of ether oxygens (including phenoxy) is 1. The van der Waals surface area contributed by atoms with E-state index in [0.717, 1.165) is 22.3 Å². The quantitative estimate of drug-likeness (QED) is 0.882. The van der Waals surface area contributed by atoms with Gasteiger partial charge in [-0.2, -0.15) is 5.10 Å². The first-order valence-electron chi connectivity index (χ1n) is 5.43. The van der Waals surface area contributed by atoms with Crippen molar-refractivity contribution in [2.75, 3.05) is 12.3 Å². The number of benzene rings is 1. The van der Waals surface area contributed by atoms with Gasteiger partial charge in [-0.1, -0.05) is 6.92 Å². The molecule has 0 saturated heterocycles. The lowest BCUT2D eigenvalue weighted by Gasteiger charge is -2.08. The van der Waals surface area contributed by atoms with Crippen LogP contribution in [0, 0.1) is 0 Å². The van der Waals surface area contributed by atoms with Crippen molar-refractivity contribution in [1.29, 1.82) is 0 Å². The molecule has 0 atom stereocenters. The van der Waals surface area contributed by atoms with Crippen LogP contribution in [0.25, 0.3) is 5.69 Å². The number of nitrogens with two attached hydrogens (primary N) is 1. The van der Waals surface area contributed by atoms with Crippen LogP contribution in [0.3, 0.4) is 0 Å². The molecule has 0 saturated carbocycles. The van der Waals surface area contributed by atoms with Gasteiger partial charge in [0, 0.05) is 24.0 Å². The molecular formula is C12H14BrN3O. The van der Waals surface area contributed by atoms with Crippen molar-refractivity contribution in [3.63, 3.8) is 0 Å². The molecule has 90 valence electrons. The third-order valence-electron chi connectivity index (χ3n) is 2.20. The third-order valence-corrected chi connectivity index (χ3v) is 2.61. The second kappa shape index (κ2) is 5.23. The van der Waals surface area contributed by atoms with Gasteiger partial charge in [-0.3, -0.25) is 0 Å². The van der Waals surface area contributed by atoms with Crippen LogP contribution in [0.5, 0.6) is 5.75 Å². The molecule has 0 spiro atoms. The molecule has 0 aliphatic rings. The molecule has 1 heterocycles. The molecule has 1 aromatic heterocycles. The smallest absolute Gasteiger partial charge is 0.123 e. The summed E-state index contributed by atoms with van der Waals surface area (Å²) in [5.74, 6) is 0.772. The first-order valence-corrected chi connectivity index (χ1v) is 6.22. The molecule has 1 aromatic carbocycles. The van der Waals surface area contributed by atoms with Crippen molar-refractivity contribution in [3.8, 4) is 11.4 Å². The minimum Gasteiger partial charge on any atom is -0.493 e. The van der Waals surface area contributed by atoms with Gasteiger partial charge < -0.3 is 10.5 Å².